The molecule has 1 atom stereocenters. The van der Waals surface area contributed by atoms with Crippen LogP contribution >= 0.6 is 0 Å². The van der Waals surface area contributed by atoms with E-state index in [9.17, 15) is 4.79 Å². The topological polar surface area (TPSA) is 73.6 Å². The zero-order chi connectivity index (χ0) is 17.6. The Labute approximate surface area is 148 Å². The highest BCUT2D eigenvalue weighted by molar-refractivity contribution is 6.06. The first kappa shape index (κ1) is 17.3. The van der Waals surface area contributed by atoms with E-state index >= 15 is 0 Å². The van der Waals surface area contributed by atoms with Gasteiger partial charge in [-0.05, 0) is 56.0 Å². The molecule has 0 aliphatic carbocycles. The van der Waals surface area contributed by atoms with Crippen molar-refractivity contribution in [2.24, 2.45) is 0 Å². The highest BCUT2D eigenvalue weighted by Gasteiger charge is 2.16. The van der Waals surface area contributed by atoms with Crippen molar-refractivity contribution in [2.45, 2.75) is 32.3 Å². The number of nitrogens with two attached hydrogens (primary N) is 1. The molecule has 0 spiro atoms. The zero-order valence-electron chi connectivity index (χ0n) is 14.5. The maximum atomic E-state index is 12.6. The minimum atomic E-state index is -0.199. The molecule has 0 saturated carbocycles. The van der Waals surface area contributed by atoms with Crippen LogP contribution in [0, 0.1) is 6.92 Å². The van der Waals surface area contributed by atoms with Gasteiger partial charge in [-0.3, -0.25) is 4.79 Å². The Balaban J connectivity index is 1.69. The Morgan fingerprint density at radius 1 is 1.28 bits per heavy atom. The summed E-state index contributed by atoms with van der Waals surface area (Å²) < 4.78 is 11.6. The predicted molar refractivity (Wildman–Crippen MR) is 99.1 cm³/mol. The van der Waals surface area contributed by atoms with Crippen LogP contribution in [0.5, 0.6) is 5.75 Å². The van der Waals surface area contributed by atoms with Gasteiger partial charge in [0.1, 0.15) is 12.4 Å². The average Bonchev–Trinajstić information content (AvgIpc) is 2.64. The Kier molecular flexibility index (Phi) is 5.56. The van der Waals surface area contributed by atoms with Crippen molar-refractivity contribution in [3.8, 4) is 5.75 Å². The van der Waals surface area contributed by atoms with Crippen LogP contribution in [0.15, 0.2) is 42.5 Å². The summed E-state index contributed by atoms with van der Waals surface area (Å²) in [5, 5.41) is 2.92. The molecule has 1 heterocycles. The van der Waals surface area contributed by atoms with Gasteiger partial charge in [-0.1, -0.05) is 18.2 Å². The van der Waals surface area contributed by atoms with E-state index < -0.39 is 0 Å². The van der Waals surface area contributed by atoms with E-state index in [1.165, 1.54) is 6.42 Å². The van der Waals surface area contributed by atoms with E-state index in [-0.39, 0.29) is 12.0 Å². The van der Waals surface area contributed by atoms with Gasteiger partial charge in [0.15, 0.2) is 0 Å². The molecule has 2 aromatic carbocycles. The van der Waals surface area contributed by atoms with Crippen LogP contribution < -0.4 is 15.8 Å². The van der Waals surface area contributed by atoms with Gasteiger partial charge in [-0.2, -0.15) is 0 Å². The number of anilines is 2. The normalized spacial score (nSPS) is 17.1. The summed E-state index contributed by atoms with van der Waals surface area (Å²) in [7, 11) is 0. The van der Waals surface area contributed by atoms with Crippen LogP contribution in [-0.2, 0) is 4.74 Å². The second-order valence-electron chi connectivity index (χ2n) is 6.32. The molecular formula is C20H24N2O3. The van der Waals surface area contributed by atoms with Crippen LogP contribution in [0.4, 0.5) is 11.4 Å². The molecular weight excluding hydrogens is 316 g/mol. The fraction of sp³-hybridized carbons (Fsp3) is 0.350. The number of rotatable bonds is 5. The number of ether oxygens (including phenoxy) is 2. The molecule has 1 aliphatic heterocycles. The van der Waals surface area contributed by atoms with Gasteiger partial charge in [0.2, 0.25) is 0 Å². The van der Waals surface area contributed by atoms with Crippen molar-refractivity contribution < 1.29 is 14.3 Å². The lowest BCUT2D eigenvalue weighted by Gasteiger charge is -2.23. The van der Waals surface area contributed by atoms with Crippen molar-refractivity contribution in [1.29, 1.82) is 0 Å². The molecule has 1 amide bonds. The summed E-state index contributed by atoms with van der Waals surface area (Å²) in [5.74, 6) is 0.446. The minimum Gasteiger partial charge on any atom is -0.489 e. The fourth-order valence-corrected chi connectivity index (χ4v) is 2.89. The van der Waals surface area contributed by atoms with Gasteiger partial charge >= 0.3 is 0 Å². The molecule has 0 aromatic heterocycles. The third kappa shape index (κ3) is 4.51. The number of benzene rings is 2. The number of aryl methyl sites for hydroxylation is 1. The second-order valence-corrected chi connectivity index (χ2v) is 6.32. The number of carbonyl (C=O) groups is 1. The largest absolute Gasteiger partial charge is 0.489 e. The molecule has 5 heteroatoms. The van der Waals surface area contributed by atoms with Crippen molar-refractivity contribution >= 4 is 17.3 Å². The lowest BCUT2D eigenvalue weighted by Crippen LogP contribution is -2.26. The molecule has 0 bridgehead atoms. The van der Waals surface area contributed by atoms with Gasteiger partial charge in [-0.25, -0.2) is 0 Å². The number of hydrogen-bond donors (Lipinski definition) is 2. The third-order valence-corrected chi connectivity index (χ3v) is 4.34. The molecule has 25 heavy (non-hydrogen) atoms. The summed E-state index contributed by atoms with van der Waals surface area (Å²) in [4.78, 5) is 12.6. The quantitative estimate of drug-likeness (QED) is 0.813. The van der Waals surface area contributed by atoms with Crippen LogP contribution in [-0.4, -0.2) is 25.2 Å². The first-order valence-corrected chi connectivity index (χ1v) is 8.64. The number of hydrogen-bond acceptors (Lipinski definition) is 4. The maximum Gasteiger partial charge on any atom is 0.256 e. The summed E-state index contributed by atoms with van der Waals surface area (Å²) in [6.07, 6.45) is 3.41. The number of nitrogens with one attached hydrogen (secondary N) is 1. The highest BCUT2D eigenvalue weighted by atomic mass is 16.5. The first-order valence-electron chi connectivity index (χ1n) is 8.64. The van der Waals surface area contributed by atoms with E-state index in [0.29, 0.717) is 29.3 Å². The van der Waals surface area contributed by atoms with E-state index in [4.69, 9.17) is 15.2 Å². The fourth-order valence-electron chi connectivity index (χ4n) is 2.89. The minimum absolute atomic E-state index is 0.119. The van der Waals surface area contributed by atoms with Gasteiger partial charge in [0, 0.05) is 17.9 Å². The van der Waals surface area contributed by atoms with Crippen molar-refractivity contribution in [3.05, 3.63) is 53.6 Å². The smallest absolute Gasteiger partial charge is 0.256 e. The van der Waals surface area contributed by atoms with Crippen molar-refractivity contribution in [2.75, 3.05) is 24.3 Å². The molecule has 3 N–H and O–H groups in total. The van der Waals surface area contributed by atoms with E-state index in [0.717, 1.165) is 25.0 Å². The Morgan fingerprint density at radius 2 is 2.12 bits per heavy atom. The average molecular weight is 340 g/mol. The zero-order valence-corrected chi connectivity index (χ0v) is 14.5. The third-order valence-electron chi connectivity index (χ3n) is 4.34. The molecule has 1 saturated heterocycles. The van der Waals surface area contributed by atoms with Gasteiger partial charge in [-0.15, -0.1) is 0 Å². The van der Waals surface area contributed by atoms with Gasteiger partial charge in [0.05, 0.1) is 11.8 Å². The summed E-state index contributed by atoms with van der Waals surface area (Å²) in [5.41, 5.74) is 8.44. The summed E-state index contributed by atoms with van der Waals surface area (Å²) in [6, 6.07) is 12.7. The molecule has 1 unspecified atom stereocenters. The van der Waals surface area contributed by atoms with Gasteiger partial charge < -0.3 is 20.5 Å². The Bertz CT molecular complexity index is 739. The molecule has 3 rings (SSSR count). The molecule has 2 aromatic rings. The maximum absolute atomic E-state index is 12.6. The van der Waals surface area contributed by atoms with E-state index in [1.807, 2.05) is 37.3 Å². The Morgan fingerprint density at radius 3 is 2.92 bits per heavy atom. The Hall–Kier alpha value is -2.53. The molecule has 132 valence electrons. The van der Waals surface area contributed by atoms with Crippen LogP contribution in [0.3, 0.4) is 0 Å². The number of amides is 1. The highest BCUT2D eigenvalue weighted by Crippen LogP contribution is 2.26. The number of carbonyl (C=O) groups excluding carboxylic acids is 1. The summed E-state index contributed by atoms with van der Waals surface area (Å²) >= 11 is 0. The molecule has 1 fully saturated rings. The SMILES string of the molecule is Cc1ccc(N)cc1C(=O)Nc1ccccc1OCC1CCCCO1. The lowest BCUT2D eigenvalue weighted by atomic mass is 10.1. The van der Waals surface area contributed by atoms with Crippen molar-refractivity contribution in [1.82, 2.24) is 0 Å². The number of nitrogen functional groups attached to an aromatic ring is 1. The van der Waals surface area contributed by atoms with E-state index in [2.05, 4.69) is 5.32 Å². The van der Waals surface area contributed by atoms with Crippen LogP contribution in [0.2, 0.25) is 0 Å². The second kappa shape index (κ2) is 8.03. The molecule has 1 aliphatic rings. The summed E-state index contributed by atoms with van der Waals surface area (Å²) in [6.45, 7) is 3.17. The monoisotopic (exact) mass is 340 g/mol. The molecule has 5 nitrogen and oxygen atoms in total. The van der Waals surface area contributed by atoms with Crippen LogP contribution in [0.25, 0.3) is 0 Å². The van der Waals surface area contributed by atoms with Crippen LogP contribution in [0.1, 0.15) is 35.2 Å². The number of para-hydroxylation sites is 2. The first-order chi connectivity index (χ1) is 12.1. The predicted octanol–water partition coefficient (Wildman–Crippen LogP) is 3.78. The lowest BCUT2D eigenvalue weighted by molar-refractivity contribution is -0.0109. The van der Waals surface area contributed by atoms with Crippen molar-refractivity contribution in [3.63, 3.8) is 0 Å². The van der Waals surface area contributed by atoms with E-state index in [1.54, 1.807) is 12.1 Å². The molecule has 0 radical (unpaired) electrons. The van der Waals surface area contributed by atoms with Gasteiger partial charge in [0.25, 0.3) is 5.91 Å². The standard InChI is InChI=1S/C20H24N2O3/c1-14-9-10-15(21)12-17(14)20(23)22-18-7-2-3-8-19(18)25-13-16-6-4-5-11-24-16/h2-3,7-10,12,16H,4-6,11,13,21H2,1H3,(H,22,23).